The van der Waals surface area contributed by atoms with E-state index in [9.17, 15) is 4.79 Å². The molecule has 0 spiro atoms. The fraction of sp³-hybridized carbons (Fsp3) is 0.105. The summed E-state index contributed by atoms with van der Waals surface area (Å²) in [7, 11) is 1.37. The molecule has 2 aromatic rings. The van der Waals surface area contributed by atoms with Gasteiger partial charge >= 0.3 is 5.97 Å². The van der Waals surface area contributed by atoms with Crippen LogP contribution in [0, 0.1) is 11.8 Å². The molecular formula is C19H16O2. The van der Waals surface area contributed by atoms with Crippen molar-refractivity contribution in [3.8, 4) is 11.8 Å². The van der Waals surface area contributed by atoms with Gasteiger partial charge in [0.05, 0.1) is 7.11 Å². The first-order valence-corrected chi connectivity index (χ1v) is 6.67. The first-order valence-electron chi connectivity index (χ1n) is 6.67. The van der Waals surface area contributed by atoms with Crippen LogP contribution in [0.15, 0.2) is 66.7 Å². The summed E-state index contributed by atoms with van der Waals surface area (Å²) in [5, 5.41) is 0. The van der Waals surface area contributed by atoms with Crippen LogP contribution in [0.25, 0.3) is 5.57 Å². The highest BCUT2D eigenvalue weighted by atomic mass is 16.5. The van der Waals surface area contributed by atoms with Gasteiger partial charge in [-0.25, -0.2) is 4.79 Å². The predicted molar refractivity (Wildman–Crippen MR) is 84.4 cm³/mol. The lowest BCUT2D eigenvalue weighted by Crippen LogP contribution is -1.97. The van der Waals surface area contributed by atoms with E-state index in [1.807, 2.05) is 60.7 Å². The molecule has 21 heavy (non-hydrogen) atoms. The van der Waals surface area contributed by atoms with Crippen molar-refractivity contribution in [2.24, 2.45) is 0 Å². The molecule has 0 atom stereocenters. The van der Waals surface area contributed by atoms with Crippen molar-refractivity contribution in [1.29, 1.82) is 0 Å². The van der Waals surface area contributed by atoms with Crippen molar-refractivity contribution in [2.75, 3.05) is 7.11 Å². The van der Waals surface area contributed by atoms with Gasteiger partial charge in [-0.05, 0) is 23.3 Å². The zero-order valence-electron chi connectivity index (χ0n) is 11.9. The molecule has 2 nitrogen and oxygen atoms in total. The molecule has 0 saturated carbocycles. The van der Waals surface area contributed by atoms with Crippen LogP contribution < -0.4 is 0 Å². The lowest BCUT2D eigenvalue weighted by molar-refractivity contribution is -0.134. The molecule has 0 unspecified atom stereocenters. The molecule has 0 aliphatic heterocycles. The molecule has 0 aromatic heterocycles. The fourth-order valence-corrected chi connectivity index (χ4v) is 1.85. The van der Waals surface area contributed by atoms with E-state index in [1.165, 1.54) is 13.2 Å². The van der Waals surface area contributed by atoms with Gasteiger partial charge in [-0.3, -0.25) is 0 Å². The van der Waals surface area contributed by atoms with Gasteiger partial charge in [0.15, 0.2) is 0 Å². The number of hydrogen-bond donors (Lipinski definition) is 0. The number of hydrogen-bond acceptors (Lipinski definition) is 2. The van der Waals surface area contributed by atoms with Crippen LogP contribution in [-0.2, 0) is 9.53 Å². The monoisotopic (exact) mass is 276 g/mol. The van der Waals surface area contributed by atoms with Crippen LogP contribution in [0.4, 0.5) is 0 Å². The van der Waals surface area contributed by atoms with Crippen LogP contribution in [0.1, 0.15) is 17.5 Å². The van der Waals surface area contributed by atoms with E-state index >= 15 is 0 Å². The fourth-order valence-electron chi connectivity index (χ4n) is 1.85. The largest absolute Gasteiger partial charge is 0.466 e. The lowest BCUT2D eigenvalue weighted by atomic mass is 10.0. The Kier molecular flexibility index (Phi) is 5.37. The molecule has 2 rings (SSSR count). The minimum Gasteiger partial charge on any atom is -0.466 e. The summed E-state index contributed by atoms with van der Waals surface area (Å²) < 4.78 is 4.70. The highest BCUT2D eigenvalue weighted by molar-refractivity contribution is 5.91. The SMILES string of the molecule is COC(=O)/C=C(\CC#Cc1ccccc1)c1ccccc1. The van der Waals surface area contributed by atoms with Crippen molar-refractivity contribution in [1.82, 2.24) is 0 Å². The Labute approximate surface area is 125 Å². The number of carbonyl (C=O) groups is 1. The molecule has 2 heteroatoms. The number of allylic oxidation sites excluding steroid dienone is 1. The van der Waals surface area contributed by atoms with Crippen LogP contribution in [0.5, 0.6) is 0 Å². The molecule has 0 saturated heterocycles. The Balaban J connectivity index is 2.20. The molecule has 2 aromatic carbocycles. The van der Waals surface area contributed by atoms with Gasteiger partial charge in [-0.1, -0.05) is 60.4 Å². The Bertz CT molecular complexity index is 674. The van der Waals surface area contributed by atoms with Crippen LogP contribution in [0.2, 0.25) is 0 Å². The number of benzene rings is 2. The number of rotatable bonds is 3. The minimum absolute atomic E-state index is 0.365. The molecular weight excluding hydrogens is 260 g/mol. The Morgan fingerprint density at radius 2 is 1.67 bits per heavy atom. The van der Waals surface area contributed by atoms with Gasteiger partial charge in [0.1, 0.15) is 0 Å². The van der Waals surface area contributed by atoms with Gasteiger partial charge < -0.3 is 4.74 Å². The molecule has 0 aliphatic carbocycles. The molecule has 0 aliphatic rings. The summed E-state index contributed by atoms with van der Waals surface area (Å²) in [6.07, 6.45) is 1.99. The number of carbonyl (C=O) groups excluding carboxylic acids is 1. The third-order valence-electron chi connectivity index (χ3n) is 2.92. The summed E-state index contributed by atoms with van der Waals surface area (Å²) in [6.45, 7) is 0. The molecule has 0 heterocycles. The average Bonchev–Trinajstić information content (AvgIpc) is 2.55. The highest BCUT2D eigenvalue weighted by Crippen LogP contribution is 2.17. The number of methoxy groups -OCH3 is 1. The zero-order valence-corrected chi connectivity index (χ0v) is 11.9. The van der Waals surface area contributed by atoms with E-state index in [0.29, 0.717) is 6.42 Å². The maximum absolute atomic E-state index is 11.5. The van der Waals surface area contributed by atoms with E-state index in [2.05, 4.69) is 11.8 Å². The zero-order chi connectivity index (χ0) is 14.9. The molecule has 0 amide bonds. The number of ether oxygens (including phenoxy) is 1. The first-order chi connectivity index (χ1) is 10.3. The van der Waals surface area contributed by atoms with Crippen molar-refractivity contribution < 1.29 is 9.53 Å². The van der Waals surface area contributed by atoms with Gasteiger partial charge in [0.2, 0.25) is 0 Å². The normalized spacial score (nSPS) is 10.4. The summed E-state index contributed by atoms with van der Waals surface area (Å²) in [6, 6.07) is 19.5. The van der Waals surface area contributed by atoms with Crippen LogP contribution >= 0.6 is 0 Å². The van der Waals surface area contributed by atoms with E-state index in [4.69, 9.17) is 4.74 Å². The second-order valence-electron chi connectivity index (χ2n) is 4.40. The van der Waals surface area contributed by atoms with Crippen molar-refractivity contribution in [3.63, 3.8) is 0 Å². The van der Waals surface area contributed by atoms with E-state index in [1.54, 1.807) is 0 Å². The van der Waals surface area contributed by atoms with Gasteiger partial charge in [0, 0.05) is 18.1 Å². The van der Waals surface area contributed by atoms with E-state index in [-0.39, 0.29) is 5.97 Å². The standard InChI is InChI=1S/C19H16O2/c1-21-19(20)15-18(17-12-6-3-7-13-17)14-8-11-16-9-4-2-5-10-16/h2-7,9-10,12-13,15H,14H2,1H3/b18-15+. The van der Waals surface area contributed by atoms with E-state index in [0.717, 1.165) is 16.7 Å². The molecule has 104 valence electrons. The van der Waals surface area contributed by atoms with Crippen molar-refractivity contribution in [3.05, 3.63) is 77.9 Å². The van der Waals surface area contributed by atoms with Crippen LogP contribution in [0.3, 0.4) is 0 Å². The lowest BCUT2D eigenvalue weighted by Gasteiger charge is -2.03. The maximum atomic E-state index is 11.5. The topological polar surface area (TPSA) is 26.3 Å². The maximum Gasteiger partial charge on any atom is 0.330 e. The van der Waals surface area contributed by atoms with Crippen LogP contribution in [-0.4, -0.2) is 13.1 Å². The third kappa shape index (κ3) is 4.67. The van der Waals surface area contributed by atoms with Gasteiger partial charge in [0.25, 0.3) is 0 Å². The molecule has 0 radical (unpaired) electrons. The minimum atomic E-state index is -0.365. The van der Waals surface area contributed by atoms with E-state index < -0.39 is 0 Å². The predicted octanol–water partition coefficient (Wildman–Crippen LogP) is 3.68. The summed E-state index contributed by atoms with van der Waals surface area (Å²) in [4.78, 5) is 11.5. The smallest absolute Gasteiger partial charge is 0.330 e. The second-order valence-corrected chi connectivity index (χ2v) is 4.40. The van der Waals surface area contributed by atoms with Gasteiger partial charge in [-0.15, -0.1) is 0 Å². The Morgan fingerprint density at radius 3 is 2.29 bits per heavy atom. The molecule has 0 N–H and O–H groups in total. The highest BCUT2D eigenvalue weighted by Gasteiger charge is 2.03. The van der Waals surface area contributed by atoms with Crippen molar-refractivity contribution >= 4 is 11.5 Å². The quantitative estimate of drug-likeness (QED) is 0.485. The first kappa shape index (κ1) is 14.6. The summed E-state index contributed by atoms with van der Waals surface area (Å²) in [5.41, 5.74) is 2.79. The molecule has 0 fully saturated rings. The second kappa shape index (κ2) is 7.72. The van der Waals surface area contributed by atoms with Crippen molar-refractivity contribution in [2.45, 2.75) is 6.42 Å². The van der Waals surface area contributed by atoms with Gasteiger partial charge in [-0.2, -0.15) is 0 Å². The third-order valence-corrected chi connectivity index (χ3v) is 2.92. The Morgan fingerprint density at radius 1 is 1.05 bits per heavy atom. The average molecular weight is 276 g/mol. The summed E-state index contributed by atoms with van der Waals surface area (Å²) in [5.74, 6) is 5.83. The number of esters is 1. The Hall–Kier alpha value is -2.79. The summed E-state index contributed by atoms with van der Waals surface area (Å²) >= 11 is 0. The molecule has 0 bridgehead atoms.